The maximum atomic E-state index is 13.8. The molecule has 0 spiro atoms. The highest BCUT2D eigenvalue weighted by molar-refractivity contribution is 6.30. The molecule has 5 heteroatoms. The Kier molecular flexibility index (Phi) is 8.59. The maximum absolute atomic E-state index is 13.8. The first kappa shape index (κ1) is 25.0. The van der Waals surface area contributed by atoms with Gasteiger partial charge >= 0.3 is 0 Å². The molecule has 0 bridgehead atoms. The summed E-state index contributed by atoms with van der Waals surface area (Å²) in [6.07, 6.45) is 4.98. The van der Waals surface area contributed by atoms with Gasteiger partial charge in [-0.05, 0) is 48.6 Å². The van der Waals surface area contributed by atoms with Crippen molar-refractivity contribution in [2.45, 2.75) is 64.1 Å². The van der Waals surface area contributed by atoms with Crippen molar-refractivity contribution < 1.29 is 9.59 Å². The number of aryl methyl sites for hydroxylation is 1. The number of amides is 2. The summed E-state index contributed by atoms with van der Waals surface area (Å²) >= 11 is 6.10. The first-order valence-electron chi connectivity index (χ1n) is 12.4. The number of carbonyl (C=O) groups is 2. The minimum absolute atomic E-state index is 0.0620. The minimum atomic E-state index is -0.606. The lowest BCUT2D eigenvalue weighted by Gasteiger charge is -2.32. The molecule has 1 saturated carbocycles. The second-order valence-electron chi connectivity index (χ2n) is 9.51. The molecule has 0 aliphatic heterocycles. The average Bonchev–Trinajstić information content (AvgIpc) is 3.36. The van der Waals surface area contributed by atoms with E-state index in [1.54, 1.807) is 4.90 Å². The molecule has 0 radical (unpaired) electrons. The molecule has 1 atom stereocenters. The van der Waals surface area contributed by atoms with Crippen LogP contribution in [0.5, 0.6) is 0 Å². The summed E-state index contributed by atoms with van der Waals surface area (Å²) in [5.74, 6) is -0.139. The van der Waals surface area contributed by atoms with Gasteiger partial charge in [-0.3, -0.25) is 9.59 Å². The van der Waals surface area contributed by atoms with E-state index in [4.69, 9.17) is 11.6 Å². The van der Waals surface area contributed by atoms with Gasteiger partial charge in [-0.25, -0.2) is 0 Å². The van der Waals surface area contributed by atoms with Crippen LogP contribution in [-0.4, -0.2) is 28.8 Å². The van der Waals surface area contributed by atoms with Gasteiger partial charge in [0.15, 0.2) is 0 Å². The van der Waals surface area contributed by atoms with Gasteiger partial charge in [0.05, 0.1) is 6.42 Å². The number of halogens is 1. The molecular weight excluding hydrogens is 456 g/mol. The van der Waals surface area contributed by atoms with Gasteiger partial charge < -0.3 is 10.2 Å². The Bertz CT molecular complexity index is 1120. The van der Waals surface area contributed by atoms with Gasteiger partial charge in [-0.1, -0.05) is 96.7 Å². The summed E-state index contributed by atoms with van der Waals surface area (Å²) in [5.41, 5.74) is 4.03. The van der Waals surface area contributed by atoms with Gasteiger partial charge in [-0.15, -0.1) is 0 Å². The zero-order valence-corrected chi connectivity index (χ0v) is 21.0. The highest BCUT2D eigenvalue weighted by Crippen LogP contribution is 2.21. The Morgan fingerprint density at radius 2 is 1.60 bits per heavy atom. The highest BCUT2D eigenvalue weighted by atomic mass is 35.5. The molecule has 1 fully saturated rings. The fourth-order valence-electron chi connectivity index (χ4n) is 4.81. The van der Waals surface area contributed by atoms with Crippen LogP contribution in [0.2, 0.25) is 5.02 Å². The fraction of sp³-hybridized carbons (Fsp3) is 0.333. The molecule has 35 heavy (non-hydrogen) atoms. The van der Waals surface area contributed by atoms with Crippen LogP contribution in [0.15, 0.2) is 78.9 Å². The Labute approximate surface area is 213 Å². The smallest absolute Gasteiger partial charge is 0.243 e. The fourth-order valence-corrected chi connectivity index (χ4v) is 4.93. The zero-order chi connectivity index (χ0) is 24.6. The number of hydrogen-bond acceptors (Lipinski definition) is 2. The summed E-state index contributed by atoms with van der Waals surface area (Å²) in [4.78, 5) is 29.2. The first-order valence-corrected chi connectivity index (χ1v) is 12.8. The molecule has 4 rings (SSSR count). The molecule has 0 heterocycles. The number of carbonyl (C=O) groups excluding carboxylic acids is 2. The van der Waals surface area contributed by atoms with Crippen molar-refractivity contribution in [3.63, 3.8) is 0 Å². The second kappa shape index (κ2) is 12.0. The van der Waals surface area contributed by atoms with Crippen LogP contribution in [0.25, 0.3) is 0 Å². The second-order valence-corrected chi connectivity index (χ2v) is 9.95. The van der Waals surface area contributed by atoms with Crippen molar-refractivity contribution in [1.29, 1.82) is 0 Å². The topological polar surface area (TPSA) is 49.4 Å². The Hall–Kier alpha value is -3.11. The molecule has 1 N–H and O–H groups in total. The van der Waals surface area contributed by atoms with Crippen LogP contribution < -0.4 is 5.32 Å². The molecule has 182 valence electrons. The molecule has 1 aliphatic carbocycles. The van der Waals surface area contributed by atoms with Gasteiger partial charge in [0.1, 0.15) is 6.04 Å². The number of nitrogens with one attached hydrogen (secondary N) is 1. The number of nitrogens with zero attached hydrogens (tertiary/aromatic N) is 1. The summed E-state index contributed by atoms with van der Waals surface area (Å²) in [7, 11) is 0. The number of rotatable bonds is 9. The molecule has 0 unspecified atom stereocenters. The SMILES string of the molecule is Cc1cccc(CC(=O)N(Cc2ccc(Cl)cc2)[C@H](Cc2ccccc2)C(=O)NC2CCCC2)c1. The largest absolute Gasteiger partial charge is 0.352 e. The summed E-state index contributed by atoms with van der Waals surface area (Å²) < 4.78 is 0. The summed E-state index contributed by atoms with van der Waals surface area (Å²) in [6.45, 7) is 2.37. The van der Waals surface area contributed by atoms with Crippen LogP contribution in [-0.2, 0) is 29.0 Å². The van der Waals surface area contributed by atoms with E-state index in [0.717, 1.165) is 47.9 Å². The normalized spacial score (nSPS) is 14.5. The quantitative estimate of drug-likeness (QED) is 0.408. The van der Waals surface area contributed by atoms with Gasteiger partial charge in [-0.2, -0.15) is 0 Å². The van der Waals surface area contributed by atoms with E-state index in [2.05, 4.69) is 5.32 Å². The Morgan fingerprint density at radius 1 is 0.914 bits per heavy atom. The zero-order valence-electron chi connectivity index (χ0n) is 20.3. The van der Waals surface area contributed by atoms with Crippen LogP contribution >= 0.6 is 11.6 Å². The minimum Gasteiger partial charge on any atom is -0.352 e. The molecule has 4 nitrogen and oxygen atoms in total. The third-order valence-electron chi connectivity index (χ3n) is 6.68. The lowest BCUT2D eigenvalue weighted by atomic mass is 10.0. The van der Waals surface area contributed by atoms with Crippen molar-refractivity contribution in [1.82, 2.24) is 10.2 Å². The molecule has 1 aliphatic rings. The van der Waals surface area contributed by atoms with E-state index in [0.29, 0.717) is 18.0 Å². The molecule has 2 amide bonds. The molecule has 3 aromatic carbocycles. The van der Waals surface area contributed by atoms with Crippen molar-refractivity contribution >= 4 is 23.4 Å². The molecule has 0 aromatic heterocycles. The third kappa shape index (κ3) is 7.19. The molecular formula is C30H33ClN2O2. The summed E-state index contributed by atoms with van der Waals surface area (Å²) in [6, 6.07) is 25.0. The van der Waals surface area contributed by atoms with Crippen LogP contribution in [0.1, 0.15) is 47.9 Å². The third-order valence-corrected chi connectivity index (χ3v) is 6.93. The maximum Gasteiger partial charge on any atom is 0.243 e. The van der Waals surface area contributed by atoms with E-state index >= 15 is 0 Å². The molecule has 0 saturated heterocycles. The Balaban J connectivity index is 1.65. The standard InChI is InChI=1S/C30H33ClN2O2/c1-22-8-7-11-25(18-22)20-29(34)33(21-24-14-16-26(31)17-15-24)28(19-23-9-3-2-4-10-23)30(35)32-27-12-5-6-13-27/h2-4,7-11,14-18,27-28H,5-6,12-13,19-21H2,1H3,(H,32,35)/t28-/m1/s1. The highest BCUT2D eigenvalue weighted by Gasteiger charge is 2.32. The number of benzene rings is 3. The Morgan fingerprint density at radius 3 is 2.29 bits per heavy atom. The van der Waals surface area contributed by atoms with E-state index in [1.807, 2.05) is 85.8 Å². The first-order chi connectivity index (χ1) is 17.0. The van der Waals surface area contributed by atoms with E-state index in [-0.39, 0.29) is 24.3 Å². The molecule has 3 aromatic rings. The van der Waals surface area contributed by atoms with Gasteiger partial charge in [0.25, 0.3) is 0 Å². The lowest BCUT2D eigenvalue weighted by molar-refractivity contribution is -0.141. The van der Waals surface area contributed by atoms with Gasteiger partial charge in [0, 0.05) is 24.0 Å². The van der Waals surface area contributed by atoms with Crippen LogP contribution in [0, 0.1) is 6.92 Å². The average molecular weight is 489 g/mol. The van der Waals surface area contributed by atoms with E-state index < -0.39 is 6.04 Å². The van der Waals surface area contributed by atoms with Gasteiger partial charge in [0.2, 0.25) is 11.8 Å². The predicted octanol–water partition coefficient (Wildman–Crippen LogP) is 5.89. The van der Waals surface area contributed by atoms with E-state index in [9.17, 15) is 9.59 Å². The predicted molar refractivity (Wildman–Crippen MR) is 141 cm³/mol. The monoisotopic (exact) mass is 488 g/mol. The summed E-state index contributed by atoms with van der Waals surface area (Å²) in [5, 5.41) is 3.89. The van der Waals surface area contributed by atoms with Crippen LogP contribution in [0.3, 0.4) is 0 Å². The van der Waals surface area contributed by atoms with Crippen molar-refractivity contribution in [2.24, 2.45) is 0 Å². The van der Waals surface area contributed by atoms with Crippen molar-refractivity contribution in [3.05, 3.63) is 106 Å². The van der Waals surface area contributed by atoms with Crippen LogP contribution in [0.4, 0.5) is 0 Å². The van der Waals surface area contributed by atoms with Crippen molar-refractivity contribution in [2.75, 3.05) is 0 Å². The van der Waals surface area contributed by atoms with Crippen molar-refractivity contribution in [3.8, 4) is 0 Å². The van der Waals surface area contributed by atoms with E-state index in [1.165, 1.54) is 0 Å². The number of hydrogen-bond donors (Lipinski definition) is 1. The lowest BCUT2D eigenvalue weighted by Crippen LogP contribution is -2.52.